The molecular weight excluding hydrogens is 272 g/mol. The third-order valence-electron chi connectivity index (χ3n) is 5.25. The Morgan fingerprint density at radius 2 is 1.29 bits per heavy atom. The van der Waals surface area contributed by atoms with Gasteiger partial charge in [-0.3, -0.25) is 0 Å². The highest BCUT2D eigenvalue weighted by atomic mass is 32.2. The summed E-state index contributed by atoms with van der Waals surface area (Å²) in [6, 6.07) is 0. The van der Waals surface area contributed by atoms with Gasteiger partial charge in [-0.1, -0.05) is 72.6 Å². The van der Waals surface area contributed by atoms with Crippen LogP contribution in [-0.2, 0) is 0 Å². The maximum atomic E-state index is 2.42. The molecule has 1 saturated carbocycles. The van der Waals surface area contributed by atoms with Crippen LogP contribution in [0.2, 0.25) is 0 Å². The van der Waals surface area contributed by atoms with Gasteiger partial charge in [-0.05, 0) is 49.2 Å². The van der Waals surface area contributed by atoms with Crippen LogP contribution in [0, 0.1) is 11.3 Å². The van der Waals surface area contributed by atoms with E-state index in [0.717, 1.165) is 11.2 Å². The van der Waals surface area contributed by atoms with Crippen LogP contribution in [0.4, 0.5) is 0 Å². The molecule has 0 N–H and O–H groups in total. The molecule has 0 aromatic heterocycles. The Bertz CT molecular complexity index is 233. The standard InChI is InChI=1S/C20H40S/c1-5-6-7-8-9-10-11-12-17-21-19-15-13-18(14-16-19)20(2,3)4/h18-19H,5-17H2,1-4H3. The van der Waals surface area contributed by atoms with E-state index in [2.05, 4.69) is 39.5 Å². The molecule has 0 aliphatic heterocycles. The number of rotatable bonds is 10. The van der Waals surface area contributed by atoms with Gasteiger partial charge in [-0.15, -0.1) is 0 Å². The number of thioether (sulfide) groups is 1. The zero-order chi connectivity index (χ0) is 15.6. The molecule has 1 aliphatic carbocycles. The van der Waals surface area contributed by atoms with Crippen molar-refractivity contribution in [1.29, 1.82) is 0 Å². The molecule has 0 atom stereocenters. The van der Waals surface area contributed by atoms with E-state index in [9.17, 15) is 0 Å². The lowest BCUT2D eigenvalue weighted by molar-refractivity contribution is 0.182. The minimum Gasteiger partial charge on any atom is -0.159 e. The molecular formula is C20H40S. The molecule has 1 fully saturated rings. The van der Waals surface area contributed by atoms with Crippen LogP contribution in [0.1, 0.15) is 105 Å². The Balaban J connectivity index is 1.91. The largest absolute Gasteiger partial charge is 0.159 e. The summed E-state index contributed by atoms with van der Waals surface area (Å²) in [5, 5.41) is 0.980. The van der Waals surface area contributed by atoms with Gasteiger partial charge in [0.2, 0.25) is 0 Å². The van der Waals surface area contributed by atoms with Gasteiger partial charge in [-0.2, -0.15) is 11.8 Å². The van der Waals surface area contributed by atoms with E-state index >= 15 is 0 Å². The third-order valence-corrected chi connectivity index (χ3v) is 6.72. The highest BCUT2D eigenvalue weighted by Crippen LogP contribution is 2.40. The van der Waals surface area contributed by atoms with Crippen molar-refractivity contribution in [2.45, 2.75) is 110 Å². The van der Waals surface area contributed by atoms with Gasteiger partial charge >= 0.3 is 0 Å². The first-order chi connectivity index (χ1) is 10.0. The van der Waals surface area contributed by atoms with E-state index in [0.29, 0.717) is 5.41 Å². The van der Waals surface area contributed by atoms with Gasteiger partial charge in [-0.25, -0.2) is 0 Å². The van der Waals surface area contributed by atoms with Gasteiger partial charge in [0.25, 0.3) is 0 Å². The first kappa shape index (κ1) is 19.4. The van der Waals surface area contributed by atoms with Crippen LogP contribution < -0.4 is 0 Å². The maximum absolute atomic E-state index is 2.42. The molecule has 126 valence electrons. The van der Waals surface area contributed by atoms with Gasteiger partial charge in [0, 0.05) is 5.25 Å². The van der Waals surface area contributed by atoms with Crippen molar-refractivity contribution in [2.75, 3.05) is 5.75 Å². The van der Waals surface area contributed by atoms with E-state index in [4.69, 9.17) is 0 Å². The predicted octanol–water partition coefficient (Wildman–Crippen LogP) is 7.47. The second kappa shape index (κ2) is 11.0. The van der Waals surface area contributed by atoms with Crippen molar-refractivity contribution in [3.05, 3.63) is 0 Å². The molecule has 0 nitrogen and oxygen atoms in total. The Morgan fingerprint density at radius 3 is 1.81 bits per heavy atom. The van der Waals surface area contributed by atoms with Gasteiger partial charge in [0.1, 0.15) is 0 Å². The van der Waals surface area contributed by atoms with Gasteiger partial charge < -0.3 is 0 Å². The zero-order valence-corrected chi connectivity index (χ0v) is 16.1. The Kier molecular flexibility index (Phi) is 10.1. The fraction of sp³-hybridized carbons (Fsp3) is 1.00. The molecule has 0 amide bonds. The molecule has 0 unspecified atom stereocenters. The van der Waals surface area contributed by atoms with Crippen molar-refractivity contribution in [1.82, 2.24) is 0 Å². The zero-order valence-electron chi connectivity index (χ0n) is 15.3. The summed E-state index contributed by atoms with van der Waals surface area (Å²) in [5.74, 6) is 2.39. The van der Waals surface area contributed by atoms with Crippen molar-refractivity contribution in [2.24, 2.45) is 11.3 Å². The third kappa shape index (κ3) is 9.16. The van der Waals surface area contributed by atoms with E-state index in [1.54, 1.807) is 0 Å². The van der Waals surface area contributed by atoms with Crippen molar-refractivity contribution < 1.29 is 0 Å². The smallest absolute Gasteiger partial charge is 0.00472 e. The lowest BCUT2D eigenvalue weighted by Crippen LogP contribution is -2.26. The SMILES string of the molecule is CCCCCCCCCCSC1CCC(C(C)(C)C)CC1. The van der Waals surface area contributed by atoms with Crippen LogP contribution in [0.15, 0.2) is 0 Å². The molecule has 21 heavy (non-hydrogen) atoms. The van der Waals surface area contributed by atoms with Crippen molar-refractivity contribution in [3.63, 3.8) is 0 Å². The topological polar surface area (TPSA) is 0 Å². The molecule has 1 aliphatic rings. The predicted molar refractivity (Wildman–Crippen MR) is 100 cm³/mol. The minimum absolute atomic E-state index is 0.535. The first-order valence-electron chi connectivity index (χ1n) is 9.65. The average Bonchev–Trinajstić information content (AvgIpc) is 2.45. The van der Waals surface area contributed by atoms with E-state index in [-0.39, 0.29) is 0 Å². The molecule has 0 aromatic carbocycles. The summed E-state index contributed by atoms with van der Waals surface area (Å²) in [5.41, 5.74) is 0.535. The molecule has 0 bridgehead atoms. The van der Waals surface area contributed by atoms with Gasteiger partial charge in [0.15, 0.2) is 0 Å². The molecule has 0 radical (unpaired) electrons. The first-order valence-corrected chi connectivity index (χ1v) is 10.7. The maximum Gasteiger partial charge on any atom is 0.00472 e. The number of hydrogen-bond donors (Lipinski definition) is 0. The summed E-state index contributed by atoms with van der Waals surface area (Å²) in [6.45, 7) is 9.56. The van der Waals surface area contributed by atoms with Gasteiger partial charge in [0.05, 0.1) is 0 Å². The van der Waals surface area contributed by atoms with Crippen LogP contribution in [-0.4, -0.2) is 11.0 Å². The van der Waals surface area contributed by atoms with Crippen LogP contribution in [0.25, 0.3) is 0 Å². The lowest BCUT2D eigenvalue weighted by Gasteiger charge is -2.36. The highest BCUT2D eigenvalue weighted by molar-refractivity contribution is 7.99. The average molecular weight is 313 g/mol. The molecule has 0 aromatic rings. The quantitative estimate of drug-likeness (QED) is 0.377. The molecule has 0 spiro atoms. The summed E-state index contributed by atoms with van der Waals surface area (Å²) in [7, 11) is 0. The summed E-state index contributed by atoms with van der Waals surface area (Å²) in [4.78, 5) is 0. The van der Waals surface area contributed by atoms with E-state index in [1.807, 2.05) is 0 Å². The Hall–Kier alpha value is 0.350. The monoisotopic (exact) mass is 312 g/mol. The second-order valence-electron chi connectivity index (χ2n) is 8.19. The van der Waals surface area contributed by atoms with E-state index in [1.165, 1.54) is 82.8 Å². The number of unbranched alkanes of at least 4 members (excludes halogenated alkanes) is 7. The summed E-state index contributed by atoms with van der Waals surface area (Å²) >= 11 is 2.28. The fourth-order valence-electron chi connectivity index (χ4n) is 3.58. The van der Waals surface area contributed by atoms with Crippen molar-refractivity contribution in [3.8, 4) is 0 Å². The van der Waals surface area contributed by atoms with Crippen LogP contribution in [0.3, 0.4) is 0 Å². The normalized spacial score (nSPS) is 23.4. The highest BCUT2D eigenvalue weighted by Gasteiger charge is 2.29. The summed E-state index contributed by atoms with van der Waals surface area (Å²) in [6.07, 6.45) is 17.5. The molecule has 1 heteroatoms. The molecule has 0 heterocycles. The second-order valence-corrected chi connectivity index (χ2v) is 9.59. The number of hydrogen-bond acceptors (Lipinski definition) is 1. The van der Waals surface area contributed by atoms with Crippen LogP contribution >= 0.6 is 11.8 Å². The minimum atomic E-state index is 0.535. The van der Waals surface area contributed by atoms with Crippen LogP contribution in [0.5, 0.6) is 0 Å². The fourth-order valence-corrected chi connectivity index (χ4v) is 4.89. The van der Waals surface area contributed by atoms with Crippen molar-refractivity contribution >= 4 is 11.8 Å². The Morgan fingerprint density at radius 1 is 0.762 bits per heavy atom. The molecule has 1 rings (SSSR count). The lowest BCUT2D eigenvalue weighted by atomic mass is 9.72. The van der Waals surface area contributed by atoms with E-state index < -0.39 is 0 Å². The molecule has 0 saturated heterocycles. The summed E-state index contributed by atoms with van der Waals surface area (Å²) < 4.78 is 0. The Labute approximate surface area is 139 Å².